The Morgan fingerprint density at radius 3 is 2.43 bits per heavy atom. The van der Waals surface area contributed by atoms with E-state index in [0.717, 1.165) is 32.1 Å². The van der Waals surface area contributed by atoms with E-state index in [2.05, 4.69) is 6.92 Å². The highest BCUT2D eigenvalue weighted by Gasteiger charge is 2.68. The van der Waals surface area contributed by atoms with E-state index < -0.39 is 59.4 Å². The van der Waals surface area contributed by atoms with Gasteiger partial charge in [-0.05, 0) is 74.2 Å². The Balaban J connectivity index is 1.25. The van der Waals surface area contributed by atoms with Crippen LogP contribution < -0.4 is 0 Å². The molecule has 0 unspecified atom stereocenters. The first-order chi connectivity index (χ1) is 20.8. The Morgan fingerprint density at radius 1 is 1.00 bits per heavy atom. The summed E-state index contributed by atoms with van der Waals surface area (Å²) >= 11 is 0. The van der Waals surface area contributed by atoms with Crippen molar-refractivity contribution in [3.63, 3.8) is 0 Å². The molecule has 5 aliphatic rings. The van der Waals surface area contributed by atoms with E-state index in [4.69, 9.17) is 14.2 Å². The van der Waals surface area contributed by atoms with Crippen molar-refractivity contribution >= 4 is 35.4 Å². The summed E-state index contributed by atoms with van der Waals surface area (Å²) < 4.78 is 16.0. The van der Waals surface area contributed by atoms with Gasteiger partial charge in [-0.3, -0.25) is 24.0 Å². The number of fused-ring (bicyclic) bond motifs is 5. The number of carbonyl (C=O) groups excluding carboxylic acids is 6. The number of hydrogen-bond donors (Lipinski definition) is 1. The van der Waals surface area contributed by atoms with Crippen LogP contribution in [0, 0.1) is 28.6 Å². The Kier molecular flexibility index (Phi) is 8.83. The number of β-amino-alcohol motifs (C(OH)–C–C–N with tert-alkyl or cyclic N) is 1. The first-order valence-electron chi connectivity index (χ1n) is 15.9. The second-order valence-corrected chi connectivity index (χ2v) is 13.9. The van der Waals surface area contributed by atoms with Gasteiger partial charge in [0, 0.05) is 38.1 Å². The molecule has 1 N–H and O–H groups in total. The van der Waals surface area contributed by atoms with Crippen LogP contribution in [0.5, 0.6) is 0 Å². The van der Waals surface area contributed by atoms with Gasteiger partial charge in [0.15, 0.2) is 18.0 Å². The van der Waals surface area contributed by atoms with E-state index in [1.54, 1.807) is 0 Å². The molecule has 44 heavy (non-hydrogen) atoms. The summed E-state index contributed by atoms with van der Waals surface area (Å²) in [5.74, 6) is -1.82. The van der Waals surface area contributed by atoms with Gasteiger partial charge < -0.3 is 24.2 Å². The predicted octanol–water partition coefficient (Wildman–Crippen LogP) is 2.85. The molecule has 1 amide bonds. The number of esters is 3. The lowest BCUT2D eigenvalue weighted by Crippen LogP contribution is -2.59. The second-order valence-electron chi connectivity index (χ2n) is 13.9. The van der Waals surface area contributed by atoms with E-state index >= 15 is 0 Å². The Morgan fingerprint density at radius 2 is 1.73 bits per heavy atom. The minimum atomic E-state index is -1.41. The van der Waals surface area contributed by atoms with Gasteiger partial charge in [0.25, 0.3) is 0 Å². The fraction of sp³-hybridized carbons (Fsp3) is 0.758. The Labute approximate surface area is 258 Å². The lowest BCUT2D eigenvalue weighted by molar-refractivity contribution is -0.191. The molecule has 0 aromatic rings. The van der Waals surface area contributed by atoms with Crippen LogP contribution in [-0.2, 0) is 43.0 Å². The molecule has 4 fully saturated rings. The van der Waals surface area contributed by atoms with E-state index in [0.29, 0.717) is 31.1 Å². The lowest BCUT2D eigenvalue weighted by atomic mass is 9.46. The molecule has 5 rings (SSSR count). The molecule has 0 aromatic heterocycles. The van der Waals surface area contributed by atoms with Gasteiger partial charge in [-0.15, -0.1) is 0 Å². The smallest absolute Gasteiger partial charge is 0.328 e. The predicted molar refractivity (Wildman–Crippen MR) is 155 cm³/mol. The molecular formula is C33H45NO10. The number of hydrogen-bond acceptors (Lipinski definition) is 10. The lowest BCUT2D eigenvalue weighted by Gasteiger charge is -2.59. The first-order valence-corrected chi connectivity index (χ1v) is 15.9. The van der Waals surface area contributed by atoms with Crippen LogP contribution in [0.1, 0.15) is 91.4 Å². The summed E-state index contributed by atoms with van der Waals surface area (Å²) in [4.78, 5) is 77.2. The number of rotatable bonds is 8. The van der Waals surface area contributed by atoms with E-state index in [9.17, 15) is 33.9 Å². The molecule has 1 aliphatic heterocycles. The van der Waals surface area contributed by atoms with Crippen molar-refractivity contribution in [3.8, 4) is 0 Å². The minimum absolute atomic E-state index is 0.0342. The number of ether oxygens (including phenoxy) is 3. The molecule has 11 heteroatoms. The molecule has 242 valence electrons. The molecular weight excluding hydrogens is 570 g/mol. The highest BCUT2D eigenvalue weighted by molar-refractivity contribution is 5.94. The fourth-order valence-corrected chi connectivity index (χ4v) is 9.62. The van der Waals surface area contributed by atoms with Crippen LogP contribution in [0.4, 0.5) is 0 Å². The van der Waals surface area contributed by atoms with Crippen LogP contribution in [0.2, 0.25) is 0 Å². The highest BCUT2D eigenvalue weighted by atomic mass is 16.6. The maximum absolute atomic E-state index is 13.9. The number of carbonyl (C=O) groups is 6. The summed E-state index contributed by atoms with van der Waals surface area (Å²) in [6.07, 6.45) is 6.30. The third kappa shape index (κ3) is 5.39. The molecule has 1 saturated heterocycles. The zero-order valence-electron chi connectivity index (χ0n) is 26.2. The molecule has 0 spiro atoms. The van der Waals surface area contributed by atoms with Crippen molar-refractivity contribution < 1.29 is 48.1 Å². The molecule has 11 nitrogen and oxygen atoms in total. The topological polar surface area (TPSA) is 154 Å². The molecule has 1 heterocycles. The van der Waals surface area contributed by atoms with Crippen molar-refractivity contribution in [2.24, 2.45) is 28.6 Å². The number of likely N-dealkylation sites (tertiary alicyclic amines) is 1. The van der Waals surface area contributed by atoms with Crippen LogP contribution in [0.15, 0.2) is 11.6 Å². The maximum Gasteiger partial charge on any atom is 0.328 e. The largest absolute Gasteiger partial charge is 0.467 e. The number of aliphatic hydroxyl groups is 1. The Bertz CT molecular complexity index is 1270. The van der Waals surface area contributed by atoms with Crippen molar-refractivity contribution in [1.82, 2.24) is 4.90 Å². The minimum Gasteiger partial charge on any atom is -0.467 e. The van der Waals surface area contributed by atoms with Crippen molar-refractivity contribution in [3.05, 3.63) is 11.6 Å². The SMILES string of the molecule is COC(=O)[C@H]1C[C@H](O)CN1C(=O)CCC(=O)OCC(=O)[C@@]1(OC(C)=O)CC[C@H]2[C@@H]3CCC4=CC(=O)CC[C@]4(C)[C@H]3CC[C@@]21C. The zero-order chi connectivity index (χ0) is 32.0. The van der Waals surface area contributed by atoms with E-state index in [1.165, 1.54) is 24.5 Å². The molecule has 0 bridgehead atoms. The molecule has 3 saturated carbocycles. The van der Waals surface area contributed by atoms with Gasteiger partial charge >= 0.3 is 17.9 Å². The van der Waals surface area contributed by atoms with Gasteiger partial charge in [0.05, 0.1) is 19.6 Å². The van der Waals surface area contributed by atoms with Gasteiger partial charge in [0.1, 0.15) is 6.04 Å². The van der Waals surface area contributed by atoms with Crippen molar-refractivity contribution in [2.75, 3.05) is 20.3 Å². The summed E-state index contributed by atoms with van der Waals surface area (Å²) in [5, 5.41) is 9.94. The fourth-order valence-electron chi connectivity index (χ4n) is 9.62. The summed E-state index contributed by atoms with van der Waals surface area (Å²) in [5.41, 5.74) is -0.818. The number of nitrogens with zero attached hydrogens (tertiary/aromatic N) is 1. The number of allylic oxidation sites excluding steroid dienone is 1. The van der Waals surface area contributed by atoms with E-state index in [-0.39, 0.29) is 42.9 Å². The van der Waals surface area contributed by atoms with Crippen molar-refractivity contribution in [2.45, 2.75) is 109 Å². The molecule has 0 aromatic carbocycles. The average Bonchev–Trinajstić information content (AvgIpc) is 3.52. The molecule has 4 aliphatic carbocycles. The van der Waals surface area contributed by atoms with Crippen LogP contribution in [-0.4, -0.2) is 83.4 Å². The van der Waals surface area contributed by atoms with Gasteiger partial charge in [-0.2, -0.15) is 0 Å². The number of Topliss-reactive ketones (excluding diaryl/α,β-unsaturated/α-hetero) is 1. The summed E-state index contributed by atoms with van der Waals surface area (Å²) in [6, 6.07) is -0.912. The number of methoxy groups -OCH3 is 1. The zero-order valence-corrected chi connectivity index (χ0v) is 26.2. The second kappa shape index (κ2) is 12.0. The van der Waals surface area contributed by atoms with Crippen LogP contribution in [0.25, 0.3) is 0 Å². The maximum atomic E-state index is 13.9. The van der Waals surface area contributed by atoms with Crippen LogP contribution >= 0.6 is 0 Å². The van der Waals surface area contributed by atoms with Gasteiger partial charge in [-0.25, -0.2) is 4.79 Å². The molecule has 0 radical (unpaired) electrons. The normalized spacial score (nSPS) is 37.7. The first kappa shape index (κ1) is 32.3. The number of amides is 1. The van der Waals surface area contributed by atoms with E-state index in [1.807, 2.05) is 13.0 Å². The highest BCUT2D eigenvalue weighted by Crippen LogP contribution is 2.68. The standard InChI is InChI=1S/C33H45NO10/c1-19(35)44-33(27(38)18-43-29(40)8-7-28(39)34-17-22(37)16-26(34)30(41)42-4)14-11-25-23-6-5-20-15-21(36)9-12-31(20,2)24(23)10-13-32(25,33)3/h15,22-26,37H,5-14,16-18H2,1-4H3/t22-,23+,24-,25-,26+,31-,32-,33-/m0/s1. The average molecular weight is 616 g/mol. The molecule has 8 atom stereocenters. The van der Waals surface area contributed by atoms with Crippen molar-refractivity contribution in [1.29, 1.82) is 0 Å². The monoisotopic (exact) mass is 615 g/mol. The third-order valence-corrected chi connectivity index (χ3v) is 11.8. The number of aliphatic hydroxyl groups excluding tert-OH is 1. The van der Waals surface area contributed by atoms with Gasteiger partial charge in [0.2, 0.25) is 11.7 Å². The van der Waals surface area contributed by atoms with Crippen LogP contribution in [0.3, 0.4) is 0 Å². The van der Waals surface area contributed by atoms with Gasteiger partial charge in [-0.1, -0.05) is 19.4 Å². The Hall–Kier alpha value is -3.08. The summed E-state index contributed by atoms with van der Waals surface area (Å²) in [7, 11) is 1.20. The number of ketones is 2. The third-order valence-electron chi connectivity index (χ3n) is 11.8. The summed E-state index contributed by atoms with van der Waals surface area (Å²) in [6.45, 7) is 5.02. The quantitative estimate of drug-likeness (QED) is 0.319.